The average molecular weight is 223 g/mol. The number of aromatic nitrogens is 2. The second-order valence-electron chi connectivity index (χ2n) is 5.34. The van der Waals surface area contributed by atoms with E-state index in [0.717, 1.165) is 31.7 Å². The first kappa shape index (κ1) is 11.6. The maximum atomic E-state index is 9.87. The Hall–Kier alpha value is -0.870. The molecule has 16 heavy (non-hydrogen) atoms. The molecule has 1 aliphatic heterocycles. The highest BCUT2D eigenvalue weighted by molar-refractivity contribution is 5.01. The quantitative estimate of drug-likeness (QED) is 0.842. The van der Waals surface area contributed by atoms with Crippen LogP contribution in [0.4, 0.5) is 0 Å². The fourth-order valence-corrected chi connectivity index (χ4v) is 2.15. The minimum Gasteiger partial charge on any atom is -0.389 e. The smallest absolute Gasteiger partial charge is 0.0764 e. The Morgan fingerprint density at radius 2 is 2.31 bits per heavy atom. The van der Waals surface area contributed by atoms with E-state index in [2.05, 4.69) is 29.9 Å². The predicted molar refractivity (Wildman–Crippen MR) is 63.1 cm³/mol. The summed E-state index contributed by atoms with van der Waals surface area (Å²) in [6.45, 7) is 8.70. The Morgan fingerprint density at radius 1 is 1.56 bits per heavy atom. The van der Waals surface area contributed by atoms with Crippen LogP contribution in [-0.4, -0.2) is 38.5 Å². The summed E-state index contributed by atoms with van der Waals surface area (Å²) < 4.78 is 1.98. The van der Waals surface area contributed by atoms with Crippen molar-refractivity contribution in [2.45, 2.75) is 45.4 Å². The first-order chi connectivity index (χ1) is 7.46. The minimum absolute atomic E-state index is 0.412. The van der Waals surface area contributed by atoms with E-state index < -0.39 is 5.60 Å². The third kappa shape index (κ3) is 2.62. The fraction of sp³-hybridized carbons (Fsp3) is 0.750. The maximum Gasteiger partial charge on any atom is 0.0764 e. The van der Waals surface area contributed by atoms with Crippen LogP contribution in [0.15, 0.2) is 12.3 Å². The molecular formula is C12H21N3O. The van der Waals surface area contributed by atoms with E-state index in [9.17, 15) is 5.11 Å². The van der Waals surface area contributed by atoms with E-state index >= 15 is 0 Å². The normalized spacial score (nSPS) is 26.8. The van der Waals surface area contributed by atoms with Crippen molar-refractivity contribution in [3.05, 3.63) is 18.0 Å². The molecule has 1 aromatic rings. The minimum atomic E-state index is -0.513. The lowest BCUT2D eigenvalue weighted by Crippen LogP contribution is -2.29. The van der Waals surface area contributed by atoms with Crippen molar-refractivity contribution in [2.24, 2.45) is 0 Å². The van der Waals surface area contributed by atoms with Gasteiger partial charge in [0.2, 0.25) is 0 Å². The van der Waals surface area contributed by atoms with Gasteiger partial charge in [0.25, 0.3) is 0 Å². The molecule has 0 aliphatic carbocycles. The Kier molecular flexibility index (Phi) is 3.04. The largest absolute Gasteiger partial charge is 0.389 e. The molecule has 0 bridgehead atoms. The molecule has 1 saturated heterocycles. The number of hydrogen-bond acceptors (Lipinski definition) is 3. The molecule has 2 rings (SSSR count). The molecule has 1 aliphatic rings. The van der Waals surface area contributed by atoms with Crippen molar-refractivity contribution in [1.82, 2.24) is 14.7 Å². The van der Waals surface area contributed by atoms with Gasteiger partial charge in [-0.15, -0.1) is 0 Å². The molecule has 1 aromatic heterocycles. The number of nitrogens with zero attached hydrogens (tertiary/aromatic N) is 3. The first-order valence-electron chi connectivity index (χ1n) is 5.95. The molecule has 2 heterocycles. The second-order valence-corrected chi connectivity index (χ2v) is 5.34. The van der Waals surface area contributed by atoms with Gasteiger partial charge in [0.15, 0.2) is 0 Å². The molecule has 90 valence electrons. The zero-order chi connectivity index (χ0) is 11.8. The number of β-amino-alcohol motifs (C(OH)–C–C–N with tert-alkyl or cyclic N) is 1. The molecule has 4 nitrogen and oxygen atoms in total. The molecule has 1 N–H and O–H groups in total. The summed E-state index contributed by atoms with van der Waals surface area (Å²) >= 11 is 0. The maximum absolute atomic E-state index is 9.87. The average Bonchev–Trinajstić information content (AvgIpc) is 2.73. The van der Waals surface area contributed by atoms with E-state index in [1.165, 1.54) is 0 Å². The highest BCUT2D eigenvalue weighted by Gasteiger charge is 2.31. The van der Waals surface area contributed by atoms with Gasteiger partial charge in [-0.05, 0) is 33.3 Å². The van der Waals surface area contributed by atoms with Crippen molar-refractivity contribution in [3.63, 3.8) is 0 Å². The Bertz CT molecular complexity index is 357. The summed E-state index contributed by atoms with van der Waals surface area (Å²) in [4.78, 5) is 2.26. The van der Waals surface area contributed by atoms with Crippen LogP contribution in [0.1, 0.15) is 38.9 Å². The lowest BCUT2D eigenvalue weighted by atomic mass is 10.1. The van der Waals surface area contributed by atoms with Crippen LogP contribution in [0.2, 0.25) is 0 Å². The molecule has 1 fully saturated rings. The number of aliphatic hydroxyl groups is 1. The van der Waals surface area contributed by atoms with Crippen molar-refractivity contribution in [1.29, 1.82) is 0 Å². The van der Waals surface area contributed by atoms with E-state index in [4.69, 9.17) is 0 Å². The van der Waals surface area contributed by atoms with Crippen molar-refractivity contribution in [2.75, 3.05) is 13.1 Å². The molecule has 0 saturated carbocycles. The van der Waals surface area contributed by atoms with Gasteiger partial charge in [-0.2, -0.15) is 5.10 Å². The van der Waals surface area contributed by atoms with E-state index in [1.54, 1.807) is 0 Å². The van der Waals surface area contributed by atoms with Gasteiger partial charge >= 0.3 is 0 Å². The number of hydrogen-bond donors (Lipinski definition) is 1. The van der Waals surface area contributed by atoms with Gasteiger partial charge in [-0.25, -0.2) is 0 Å². The van der Waals surface area contributed by atoms with Crippen molar-refractivity contribution in [3.8, 4) is 0 Å². The van der Waals surface area contributed by atoms with Crippen LogP contribution >= 0.6 is 0 Å². The standard InChI is InChI=1S/C12H21N3O/c1-10(2)15-6-4-11(13-15)8-14-7-5-12(3,16)9-14/h4,6,10,16H,5,7-9H2,1-3H3. The van der Waals surface area contributed by atoms with Crippen LogP contribution in [0.3, 0.4) is 0 Å². The summed E-state index contributed by atoms with van der Waals surface area (Å²) in [6, 6.07) is 2.47. The molecular weight excluding hydrogens is 202 g/mol. The summed E-state index contributed by atoms with van der Waals surface area (Å²) in [5, 5.41) is 14.4. The van der Waals surface area contributed by atoms with Crippen molar-refractivity contribution < 1.29 is 5.11 Å². The summed E-state index contributed by atoms with van der Waals surface area (Å²) in [5.41, 5.74) is 0.576. The fourth-order valence-electron chi connectivity index (χ4n) is 2.15. The summed E-state index contributed by atoms with van der Waals surface area (Å²) in [7, 11) is 0. The second kappa shape index (κ2) is 4.18. The zero-order valence-corrected chi connectivity index (χ0v) is 10.3. The van der Waals surface area contributed by atoms with Gasteiger partial charge in [-0.1, -0.05) is 0 Å². The summed E-state index contributed by atoms with van der Waals surface area (Å²) in [5.74, 6) is 0. The highest BCUT2D eigenvalue weighted by atomic mass is 16.3. The molecule has 0 spiro atoms. The zero-order valence-electron chi connectivity index (χ0n) is 10.3. The lowest BCUT2D eigenvalue weighted by molar-refractivity contribution is 0.0677. The molecule has 1 unspecified atom stereocenters. The Morgan fingerprint density at radius 3 is 2.81 bits per heavy atom. The van der Waals surface area contributed by atoms with Crippen LogP contribution in [0, 0.1) is 0 Å². The van der Waals surface area contributed by atoms with Gasteiger partial charge < -0.3 is 5.11 Å². The molecule has 0 aromatic carbocycles. The highest BCUT2D eigenvalue weighted by Crippen LogP contribution is 2.21. The monoisotopic (exact) mass is 223 g/mol. The topological polar surface area (TPSA) is 41.3 Å². The SMILES string of the molecule is CC(C)n1ccc(CN2CCC(C)(O)C2)n1. The first-order valence-corrected chi connectivity index (χ1v) is 5.95. The van der Waals surface area contributed by atoms with E-state index in [-0.39, 0.29) is 0 Å². The third-order valence-electron chi connectivity index (χ3n) is 3.11. The predicted octanol–water partition coefficient (Wildman–Crippen LogP) is 1.42. The van der Waals surface area contributed by atoms with Crippen LogP contribution < -0.4 is 0 Å². The van der Waals surface area contributed by atoms with Gasteiger partial charge in [-0.3, -0.25) is 9.58 Å². The van der Waals surface area contributed by atoms with Gasteiger partial charge in [0, 0.05) is 31.9 Å². The van der Waals surface area contributed by atoms with Gasteiger partial charge in [0.1, 0.15) is 0 Å². The van der Waals surface area contributed by atoms with Crippen LogP contribution in [0.25, 0.3) is 0 Å². The van der Waals surface area contributed by atoms with Crippen LogP contribution in [0.5, 0.6) is 0 Å². The number of rotatable bonds is 3. The Labute approximate surface area is 96.9 Å². The van der Waals surface area contributed by atoms with E-state index in [0.29, 0.717) is 6.04 Å². The molecule has 1 atom stereocenters. The number of likely N-dealkylation sites (tertiary alicyclic amines) is 1. The lowest BCUT2D eigenvalue weighted by Gasteiger charge is -2.17. The molecule has 0 amide bonds. The van der Waals surface area contributed by atoms with Crippen molar-refractivity contribution >= 4 is 0 Å². The van der Waals surface area contributed by atoms with E-state index in [1.807, 2.05) is 17.8 Å². The van der Waals surface area contributed by atoms with Crippen LogP contribution in [-0.2, 0) is 6.54 Å². The van der Waals surface area contributed by atoms with Gasteiger partial charge in [0.05, 0.1) is 11.3 Å². The molecule has 0 radical (unpaired) electrons. The summed E-state index contributed by atoms with van der Waals surface area (Å²) in [6.07, 6.45) is 2.88. The third-order valence-corrected chi connectivity index (χ3v) is 3.11. The molecule has 4 heteroatoms. The Balaban J connectivity index is 1.94.